The van der Waals surface area contributed by atoms with Crippen molar-refractivity contribution in [3.05, 3.63) is 24.3 Å². The first-order valence-corrected chi connectivity index (χ1v) is 12.0. The lowest BCUT2D eigenvalue weighted by molar-refractivity contribution is -0.154. The maximum Gasteiger partial charge on any atom is 0.326 e. The van der Waals surface area contributed by atoms with Crippen LogP contribution in [0.5, 0.6) is 5.75 Å². The Hall–Kier alpha value is -1.94. The number of nitrogens with zero attached hydrogens (tertiary/aromatic N) is 1. The molecule has 0 aromatic heterocycles. The van der Waals surface area contributed by atoms with Crippen molar-refractivity contribution in [1.29, 1.82) is 0 Å². The first-order valence-electron chi connectivity index (χ1n) is 10.1. The molecule has 1 heterocycles. The highest BCUT2D eigenvalue weighted by Gasteiger charge is 2.66. The number of hydrogen-bond donors (Lipinski definition) is 1. The van der Waals surface area contributed by atoms with Gasteiger partial charge in [0.1, 0.15) is 12.3 Å². The summed E-state index contributed by atoms with van der Waals surface area (Å²) in [5.41, 5.74) is 0.465. The van der Waals surface area contributed by atoms with Crippen molar-refractivity contribution in [1.82, 2.24) is 4.90 Å². The molecule has 2 aliphatic carbocycles. The van der Waals surface area contributed by atoms with Crippen LogP contribution in [0.4, 0.5) is 5.69 Å². The van der Waals surface area contributed by atoms with Crippen LogP contribution in [0, 0.1) is 23.7 Å². The third kappa shape index (κ3) is 4.00. The summed E-state index contributed by atoms with van der Waals surface area (Å²) in [5, 5.41) is 2.62. The van der Waals surface area contributed by atoms with Gasteiger partial charge in [-0.15, -0.1) is 0 Å². The van der Waals surface area contributed by atoms with Crippen LogP contribution in [0.15, 0.2) is 24.3 Å². The molecule has 2 saturated carbocycles. The zero-order valence-electron chi connectivity index (χ0n) is 16.8. The second-order valence-corrected chi connectivity index (χ2v) is 10.0. The number of ether oxygens (including phenoxy) is 2. The van der Waals surface area contributed by atoms with Gasteiger partial charge in [-0.3, -0.25) is 24.1 Å². The van der Waals surface area contributed by atoms with E-state index in [2.05, 4.69) is 37.2 Å². The van der Waals surface area contributed by atoms with Crippen molar-refractivity contribution in [2.75, 3.05) is 25.1 Å². The van der Waals surface area contributed by atoms with E-state index >= 15 is 0 Å². The molecule has 1 aromatic carbocycles. The number of nitrogens with one attached hydrogen (secondary N) is 1. The van der Waals surface area contributed by atoms with E-state index in [0.717, 1.165) is 11.3 Å². The molecule has 10 heteroatoms. The van der Waals surface area contributed by atoms with E-state index in [9.17, 15) is 19.2 Å². The van der Waals surface area contributed by atoms with E-state index in [0.29, 0.717) is 18.0 Å². The van der Waals surface area contributed by atoms with Gasteiger partial charge in [0.25, 0.3) is 5.91 Å². The Morgan fingerprint density at radius 1 is 1.10 bits per heavy atom. The number of likely N-dealkylation sites (tertiary alicyclic amines) is 1. The average molecular weight is 558 g/mol. The van der Waals surface area contributed by atoms with Gasteiger partial charge in [0.15, 0.2) is 6.61 Å². The van der Waals surface area contributed by atoms with Crippen LogP contribution < -0.4 is 10.1 Å². The number of carbonyl (C=O) groups is 4. The number of alkyl halides is 2. The fraction of sp³-hybridized carbons (Fsp3) is 0.524. The number of carbonyl (C=O) groups excluding carboxylic acids is 4. The van der Waals surface area contributed by atoms with Gasteiger partial charge in [0, 0.05) is 9.65 Å². The van der Waals surface area contributed by atoms with Crippen molar-refractivity contribution in [3.8, 4) is 5.75 Å². The lowest BCUT2D eigenvalue weighted by Gasteiger charge is -2.28. The molecule has 0 radical (unpaired) electrons. The lowest BCUT2D eigenvalue weighted by atomic mass is 9.81. The summed E-state index contributed by atoms with van der Waals surface area (Å²) in [6.45, 7) is 1.26. The number of esters is 1. The maximum absolute atomic E-state index is 12.8. The lowest BCUT2D eigenvalue weighted by Crippen LogP contribution is -2.38. The van der Waals surface area contributed by atoms with Crippen LogP contribution in [-0.4, -0.2) is 58.0 Å². The van der Waals surface area contributed by atoms with E-state index in [1.165, 1.54) is 0 Å². The molecule has 8 nitrogen and oxygen atoms in total. The van der Waals surface area contributed by atoms with Crippen molar-refractivity contribution >= 4 is 61.2 Å². The van der Waals surface area contributed by atoms with E-state index < -0.39 is 25.0 Å². The number of rotatable bonds is 7. The first-order chi connectivity index (χ1) is 14.8. The molecule has 1 N–H and O–H groups in total. The number of anilines is 1. The molecule has 166 valence electrons. The van der Waals surface area contributed by atoms with Crippen molar-refractivity contribution < 1.29 is 28.7 Å². The Labute approximate surface area is 196 Å². The molecule has 6 atom stereocenters. The van der Waals surface area contributed by atoms with E-state index in [4.69, 9.17) is 9.47 Å². The van der Waals surface area contributed by atoms with Gasteiger partial charge in [-0.25, -0.2) is 0 Å². The summed E-state index contributed by atoms with van der Waals surface area (Å²) in [6, 6.07) is 6.91. The normalized spacial score (nSPS) is 31.0. The largest absolute Gasteiger partial charge is 0.492 e. The SMILES string of the molecule is CCOc1ccccc1NC(=O)COC(=O)CN1C(=O)[C@@H]2[C@H]3C[C@@H]([C@H](Br)[C@@H]3Br)[C@@H]2C1=O. The van der Waals surface area contributed by atoms with Crippen LogP contribution in [-0.2, 0) is 23.9 Å². The summed E-state index contributed by atoms with van der Waals surface area (Å²) in [7, 11) is 0. The quantitative estimate of drug-likeness (QED) is 0.314. The van der Waals surface area contributed by atoms with Gasteiger partial charge in [0.2, 0.25) is 11.8 Å². The zero-order valence-corrected chi connectivity index (χ0v) is 19.9. The molecule has 3 amide bonds. The molecule has 0 unspecified atom stereocenters. The molecule has 3 fully saturated rings. The van der Waals surface area contributed by atoms with Gasteiger partial charge in [0.05, 0.1) is 24.1 Å². The van der Waals surface area contributed by atoms with Gasteiger partial charge < -0.3 is 14.8 Å². The minimum atomic E-state index is -0.798. The second-order valence-electron chi connectivity index (χ2n) is 7.90. The number of halogens is 2. The Kier molecular flexibility index (Phi) is 6.39. The molecular formula is C21H22Br2N2O6. The third-order valence-electron chi connectivity index (χ3n) is 6.19. The molecule has 0 spiro atoms. The van der Waals surface area contributed by atoms with E-state index in [1.54, 1.807) is 24.3 Å². The minimum Gasteiger partial charge on any atom is -0.492 e. The number of hydrogen-bond acceptors (Lipinski definition) is 6. The molecule has 1 aliphatic heterocycles. The maximum atomic E-state index is 12.8. The summed E-state index contributed by atoms with van der Waals surface area (Å²) in [4.78, 5) is 51.3. The summed E-state index contributed by atoms with van der Waals surface area (Å²) in [5.74, 6) is -2.09. The summed E-state index contributed by atoms with van der Waals surface area (Å²) < 4.78 is 10.5. The highest BCUT2D eigenvalue weighted by molar-refractivity contribution is 9.12. The predicted octanol–water partition coefficient (Wildman–Crippen LogP) is 2.34. The molecule has 31 heavy (non-hydrogen) atoms. The van der Waals surface area contributed by atoms with Gasteiger partial charge >= 0.3 is 5.97 Å². The van der Waals surface area contributed by atoms with Gasteiger partial charge in [-0.2, -0.15) is 0 Å². The van der Waals surface area contributed by atoms with Gasteiger partial charge in [-0.05, 0) is 37.3 Å². The first kappa shape index (κ1) is 22.3. The average Bonchev–Trinajstić information content (AvgIpc) is 3.35. The van der Waals surface area contributed by atoms with E-state index in [-0.39, 0.29) is 45.1 Å². The van der Waals surface area contributed by atoms with Crippen LogP contribution in [0.25, 0.3) is 0 Å². The number of para-hydroxylation sites is 2. The molecular weight excluding hydrogens is 536 g/mol. The number of imide groups is 1. The Balaban J connectivity index is 1.31. The van der Waals surface area contributed by atoms with Crippen molar-refractivity contribution in [3.63, 3.8) is 0 Å². The fourth-order valence-electron chi connectivity index (χ4n) is 4.92. The topological polar surface area (TPSA) is 102 Å². The predicted molar refractivity (Wildman–Crippen MR) is 118 cm³/mol. The smallest absolute Gasteiger partial charge is 0.326 e. The van der Waals surface area contributed by atoms with E-state index in [1.807, 2.05) is 6.92 Å². The Bertz CT molecular complexity index is 893. The summed E-state index contributed by atoms with van der Waals surface area (Å²) in [6.07, 6.45) is 0.820. The molecule has 2 bridgehead atoms. The molecule has 1 aromatic rings. The van der Waals surface area contributed by atoms with Crippen molar-refractivity contribution in [2.45, 2.75) is 23.0 Å². The van der Waals surface area contributed by atoms with Crippen LogP contribution >= 0.6 is 31.9 Å². The monoisotopic (exact) mass is 556 g/mol. The highest BCUT2D eigenvalue weighted by Crippen LogP contribution is 2.60. The fourth-order valence-corrected chi connectivity index (χ4v) is 6.80. The number of benzene rings is 1. The van der Waals surface area contributed by atoms with Crippen LogP contribution in [0.3, 0.4) is 0 Å². The standard InChI is InChI=1S/C21H22Br2N2O6/c1-2-30-13-6-4-3-5-12(13)24-14(26)9-31-15(27)8-25-20(28)16-10-7-11(17(16)21(25)29)19(23)18(10)22/h3-6,10-11,16-19H,2,7-9H2,1H3,(H,24,26)/t10-,11-,16-,17+,18-,19+/m1/s1. The molecule has 3 aliphatic rings. The van der Waals surface area contributed by atoms with Crippen molar-refractivity contribution in [2.24, 2.45) is 23.7 Å². The Morgan fingerprint density at radius 3 is 2.32 bits per heavy atom. The number of fused-ring (bicyclic) bond motifs is 5. The minimum absolute atomic E-state index is 0.0769. The zero-order chi connectivity index (χ0) is 22.3. The molecule has 4 rings (SSSR count). The number of amides is 3. The molecule has 1 saturated heterocycles. The highest BCUT2D eigenvalue weighted by atomic mass is 79.9. The van der Waals surface area contributed by atoms with Crippen LogP contribution in [0.2, 0.25) is 0 Å². The third-order valence-corrected chi connectivity index (χ3v) is 9.40. The Morgan fingerprint density at radius 2 is 1.71 bits per heavy atom. The van der Waals surface area contributed by atoms with Crippen LogP contribution in [0.1, 0.15) is 13.3 Å². The summed E-state index contributed by atoms with van der Waals surface area (Å²) >= 11 is 7.25. The van der Waals surface area contributed by atoms with Gasteiger partial charge in [-0.1, -0.05) is 44.0 Å². The second kappa shape index (κ2) is 8.90.